The number of aromatic amines is 1. The van der Waals surface area contributed by atoms with Crippen molar-refractivity contribution in [2.45, 2.75) is 32.1 Å². The van der Waals surface area contributed by atoms with Crippen LogP contribution in [0, 0.1) is 0 Å². The highest BCUT2D eigenvalue weighted by Gasteiger charge is 2.33. The summed E-state index contributed by atoms with van der Waals surface area (Å²) in [4.78, 5) is 18.4. The van der Waals surface area contributed by atoms with E-state index < -0.39 is 0 Å². The SMILES string of the molecule is CCCCCOc1ccc(C(=O)N2CC(c3ncn[nH]3)C2)cc1. The molecule has 1 aliphatic heterocycles. The van der Waals surface area contributed by atoms with Crippen molar-refractivity contribution in [3.8, 4) is 5.75 Å². The number of hydrogen-bond acceptors (Lipinski definition) is 4. The van der Waals surface area contributed by atoms with Gasteiger partial charge in [0.1, 0.15) is 17.9 Å². The van der Waals surface area contributed by atoms with Crippen molar-refractivity contribution in [2.24, 2.45) is 0 Å². The van der Waals surface area contributed by atoms with E-state index in [0.717, 1.165) is 24.6 Å². The van der Waals surface area contributed by atoms with E-state index in [1.165, 1.54) is 19.2 Å². The van der Waals surface area contributed by atoms with Crippen LogP contribution in [-0.4, -0.2) is 45.7 Å². The van der Waals surface area contributed by atoms with E-state index in [9.17, 15) is 4.79 Å². The molecule has 1 saturated heterocycles. The average Bonchev–Trinajstić information content (AvgIpc) is 3.05. The molecule has 2 heterocycles. The molecule has 0 unspecified atom stereocenters. The zero-order valence-corrected chi connectivity index (χ0v) is 13.4. The number of ether oxygens (including phenoxy) is 1. The molecular formula is C17H22N4O2. The highest BCUT2D eigenvalue weighted by Crippen LogP contribution is 2.26. The third kappa shape index (κ3) is 3.70. The molecule has 1 amide bonds. The van der Waals surface area contributed by atoms with Gasteiger partial charge in [-0.25, -0.2) is 4.98 Å². The molecule has 1 aromatic carbocycles. The Morgan fingerprint density at radius 1 is 1.30 bits per heavy atom. The number of nitrogens with zero attached hydrogens (tertiary/aromatic N) is 3. The second-order valence-corrected chi connectivity index (χ2v) is 5.86. The molecule has 1 aromatic heterocycles. The fourth-order valence-corrected chi connectivity index (χ4v) is 2.65. The van der Waals surface area contributed by atoms with Crippen molar-refractivity contribution in [1.29, 1.82) is 0 Å². The van der Waals surface area contributed by atoms with E-state index in [2.05, 4.69) is 22.1 Å². The first kappa shape index (κ1) is 15.5. The highest BCUT2D eigenvalue weighted by molar-refractivity contribution is 5.95. The minimum Gasteiger partial charge on any atom is -0.494 e. The van der Waals surface area contributed by atoms with Crippen molar-refractivity contribution in [3.05, 3.63) is 42.0 Å². The minimum absolute atomic E-state index is 0.0540. The number of amides is 1. The maximum Gasteiger partial charge on any atom is 0.253 e. The van der Waals surface area contributed by atoms with Gasteiger partial charge in [0.2, 0.25) is 0 Å². The molecule has 0 saturated carbocycles. The molecule has 122 valence electrons. The van der Waals surface area contributed by atoms with Gasteiger partial charge < -0.3 is 9.64 Å². The molecule has 23 heavy (non-hydrogen) atoms. The summed E-state index contributed by atoms with van der Waals surface area (Å²) < 4.78 is 5.67. The summed E-state index contributed by atoms with van der Waals surface area (Å²) in [7, 11) is 0. The van der Waals surface area contributed by atoms with Crippen LogP contribution < -0.4 is 4.74 Å². The number of rotatable bonds is 7. The summed E-state index contributed by atoms with van der Waals surface area (Å²) in [6.07, 6.45) is 4.92. The smallest absolute Gasteiger partial charge is 0.253 e. The van der Waals surface area contributed by atoms with Gasteiger partial charge in [-0.2, -0.15) is 5.10 Å². The number of aromatic nitrogens is 3. The number of carbonyl (C=O) groups excluding carboxylic acids is 1. The molecular weight excluding hydrogens is 292 g/mol. The Morgan fingerprint density at radius 3 is 2.74 bits per heavy atom. The Kier molecular flexibility index (Phi) is 4.90. The predicted molar refractivity (Wildman–Crippen MR) is 86.5 cm³/mol. The van der Waals surface area contributed by atoms with Crippen LogP contribution in [-0.2, 0) is 0 Å². The summed E-state index contributed by atoms with van der Waals surface area (Å²) in [5.74, 6) is 1.99. The Bertz CT molecular complexity index is 619. The minimum atomic E-state index is 0.0540. The van der Waals surface area contributed by atoms with Gasteiger partial charge in [-0.1, -0.05) is 19.8 Å². The third-order valence-electron chi connectivity index (χ3n) is 4.11. The van der Waals surface area contributed by atoms with Gasteiger partial charge in [-0.15, -0.1) is 0 Å². The second-order valence-electron chi connectivity index (χ2n) is 5.86. The number of H-pyrrole nitrogens is 1. The lowest BCUT2D eigenvalue weighted by atomic mass is 9.98. The van der Waals surface area contributed by atoms with Crippen LogP contribution in [0.25, 0.3) is 0 Å². The van der Waals surface area contributed by atoms with Crippen LogP contribution in [0.5, 0.6) is 5.75 Å². The van der Waals surface area contributed by atoms with Crippen LogP contribution in [0.4, 0.5) is 0 Å². The van der Waals surface area contributed by atoms with Gasteiger partial charge in [0.25, 0.3) is 5.91 Å². The largest absolute Gasteiger partial charge is 0.494 e. The predicted octanol–water partition coefficient (Wildman–Crippen LogP) is 2.61. The number of likely N-dealkylation sites (tertiary alicyclic amines) is 1. The maximum absolute atomic E-state index is 12.4. The molecule has 0 atom stereocenters. The van der Waals surface area contributed by atoms with Crippen molar-refractivity contribution < 1.29 is 9.53 Å². The molecule has 1 N–H and O–H groups in total. The molecule has 3 rings (SSSR count). The van der Waals surface area contributed by atoms with Crippen molar-refractivity contribution in [3.63, 3.8) is 0 Å². The van der Waals surface area contributed by atoms with Crippen LogP contribution >= 0.6 is 0 Å². The summed E-state index contributed by atoms with van der Waals surface area (Å²) in [6.45, 7) is 4.27. The molecule has 0 radical (unpaired) electrons. The monoisotopic (exact) mass is 314 g/mol. The Balaban J connectivity index is 1.49. The van der Waals surface area contributed by atoms with Gasteiger partial charge in [-0.3, -0.25) is 9.89 Å². The van der Waals surface area contributed by atoms with Crippen molar-refractivity contribution in [1.82, 2.24) is 20.1 Å². The molecule has 6 heteroatoms. The first-order valence-corrected chi connectivity index (χ1v) is 8.15. The molecule has 1 aliphatic rings. The zero-order valence-electron chi connectivity index (χ0n) is 13.4. The Labute approximate surface area is 135 Å². The fraction of sp³-hybridized carbons (Fsp3) is 0.471. The lowest BCUT2D eigenvalue weighted by Crippen LogP contribution is -2.48. The van der Waals surface area contributed by atoms with Crippen LogP contribution in [0.1, 0.15) is 48.3 Å². The van der Waals surface area contributed by atoms with Crippen molar-refractivity contribution >= 4 is 5.91 Å². The number of carbonyl (C=O) groups is 1. The van der Waals surface area contributed by atoms with Gasteiger partial charge in [0.15, 0.2) is 0 Å². The van der Waals surface area contributed by atoms with E-state index in [0.29, 0.717) is 18.7 Å². The summed E-state index contributed by atoms with van der Waals surface area (Å²) in [6, 6.07) is 7.40. The molecule has 0 aliphatic carbocycles. The number of hydrogen-bond donors (Lipinski definition) is 1. The molecule has 6 nitrogen and oxygen atoms in total. The quantitative estimate of drug-likeness (QED) is 0.798. The lowest BCUT2D eigenvalue weighted by Gasteiger charge is -2.38. The highest BCUT2D eigenvalue weighted by atomic mass is 16.5. The summed E-state index contributed by atoms with van der Waals surface area (Å²) in [5, 5.41) is 6.70. The van der Waals surface area contributed by atoms with E-state index in [4.69, 9.17) is 4.74 Å². The molecule has 0 spiro atoms. The molecule has 2 aromatic rings. The van der Waals surface area contributed by atoms with Gasteiger partial charge >= 0.3 is 0 Å². The van der Waals surface area contributed by atoms with E-state index in [1.807, 2.05) is 29.2 Å². The second kappa shape index (κ2) is 7.26. The first-order valence-electron chi connectivity index (χ1n) is 8.15. The van der Waals surface area contributed by atoms with E-state index in [1.54, 1.807) is 0 Å². The van der Waals surface area contributed by atoms with Crippen LogP contribution in [0.2, 0.25) is 0 Å². The Hall–Kier alpha value is -2.37. The van der Waals surface area contributed by atoms with Crippen LogP contribution in [0.3, 0.4) is 0 Å². The topological polar surface area (TPSA) is 71.1 Å². The fourth-order valence-electron chi connectivity index (χ4n) is 2.65. The summed E-state index contributed by atoms with van der Waals surface area (Å²) in [5.41, 5.74) is 0.696. The van der Waals surface area contributed by atoms with Crippen molar-refractivity contribution in [2.75, 3.05) is 19.7 Å². The van der Waals surface area contributed by atoms with Gasteiger partial charge in [0.05, 0.1) is 12.5 Å². The lowest BCUT2D eigenvalue weighted by molar-refractivity contribution is 0.0595. The van der Waals surface area contributed by atoms with Crippen LogP contribution in [0.15, 0.2) is 30.6 Å². The standard InChI is InChI=1S/C17H22N4O2/c1-2-3-4-9-23-15-7-5-13(6-8-15)17(22)21-10-14(11-21)16-18-12-19-20-16/h5-8,12,14H,2-4,9-11H2,1H3,(H,18,19,20). The third-order valence-corrected chi connectivity index (χ3v) is 4.11. The van der Waals surface area contributed by atoms with E-state index >= 15 is 0 Å². The molecule has 0 bridgehead atoms. The maximum atomic E-state index is 12.4. The number of nitrogens with one attached hydrogen (secondary N) is 1. The number of unbranched alkanes of at least 4 members (excludes halogenated alkanes) is 2. The zero-order chi connectivity index (χ0) is 16.1. The van der Waals surface area contributed by atoms with E-state index in [-0.39, 0.29) is 11.8 Å². The summed E-state index contributed by atoms with van der Waals surface area (Å²) >= 11 is 0. The normalized spacial score (nSPS) is 14.6. The average molecular weight is 314 g/mol. The number of benzene rings is 1. The molecule has 1 fully saturated rings. The Morgan fingerprint density at radius 2 is 2.09 bits per heavy atom. The van der Waals surface area contributed by atoms with Gasteiger partial charge in [-0.05, 0) is 30.7 Å². The van der Waals surface area contributed by atoms with Gasteiger partial charge in [0, 0.05) is 18.7 Å². The first-order chi connectivity index (χ1) is 11.3.